The quantitative estimate of drug-likeness (QED) is 0.357. The molecule has 2 aromatic carbocycles. The summed E-state index contributed by atoms with van der Waals surface area (Å²) in [5.41, 5.74) is 1.21. The Kier molecular flexibility index (Phi) is 5.67. The molecule has 1 amide bonds. The summed E-state index contributed by atoms with van der Waals surface area (Å²) < 4.78 is 40.1. The summed E-state index contributed by atoms with van der Waals surface area (Å²) >= 11 is 0. The minimum Gasteiger partial charge on any atom is -0.338 e. The normalized spacial score (nSPS) is 11.4. The molecule has 0 spiro atoms. The molecule has 6 nitrogen and oxygen atoms in total. The summed E-state index contributed by atoms with van der Waals surface area (Å²) in [5.74, 6) is -0.989. The highest BCUT2D eigenvalue weighted by Gasteiger charge is 2.18. The number of amides is 1. The first-order valence-corrected chi connectivity index (χ1v) is 8.60. The van der Waals surface area contributed by atoms with Crippen molar-refractivity contribution in [2.45, 2.75) is 13.3 Å². The minimum absolute atomic E-state index is 0.0192. The third-order valence-electron chi connectivity index (χ3n) is 4.19. The van der Waals surface area contributed by atoms with E-state index in [2.05, 4.69) is 27.0 Å². The Hall–Kier alpha value is -3.62. The molecule has 0 fully saturated rings. The number of anilines is 1. The molecular formula is C20H18F3N5O. The number of benzene rings is 2. The Morgan fingerprint density at radius 3 is 2.76 bits per heavy atom. The van der Waals surface area contributed by atoms with Crippen molar-refractivity contribution in [1.82, 2.24) is 15.0 Å². The number of halogens is 3. The molecule has 0 aliphatic heterocycles. The lowest BCUT2D eigenvalue weighted by atomic mass is 10.1. The summed E-state index contributed by atoms with van der Waals surface area (Å²) in [4.78, 5) is 19.4. The Morgan fingerprint density at radius 1 is 1.31 bits per heavy atom. The van der Waals surface area contributed by atoms with Gasteiger partial charge < -0.3 is 10.3 Å². The van der Waals surface area contributed by atoms with E-state index in [0.29, 0.717) is 16.7 Å². The minimum atomic E-state index is -2.78. The van der Waals surface area contributed by atoms with E-state index < -0.39 is 18.1 Å². The fraction of sp³-hybridized carbons (Fsp3) is 0.150. The number of aromatic amines is 1. The first kappa shape index (κ1) is 20.1. The van der Waals surface area contributed by atoms with Gasteiger partial charge in [0.25, 0.3) is 12.3 Å². The second-order valence-corrected chi connectivity index (χ2v) is 6.15. The number of imidazole rings is 1. The van der Waals surface area contributed by atoms with E-state index in [-0.39, 0.29) is 22.6 Å². The zero-order valence-corrected chi connectivity index (χ0v) is 15.7. The number of H-pyrrole nitrogens is 1. The van der Waals surface area contributed by atoms with Gasteiger partial charge in [0, 0.05) is 30.1 Å². The molecular weight excluding hydrogens is 383 g/mol. The van der Waals surface area contributed by atoms with Crippen LogP contribution in [0.15, 0.2) is 53.8 Å². The van der Waals surface area contributed by atoms with Gasteiger partial charge in [0.2, 0.25) is 0 Å². The maximum Gasteiger partial charge on any atom is 0.273 e. The Labute approximate surface area is 164 Å². The molecule has 1 heterocycles. The number of likely N-dealkylation sites (N-methyl/N-ethyl adjacent to an activating group) is 1. The third-order valence-corrected chi connectivity index (χ3v) is 4.19. The van der Waals surface area contributed by atoms with E-state index >= 15 is 0 Å². The average Bonchev–Trinajstić information content (AvgIpc) is 3.10. The molecule has 1 aromatic heterocycles. The van der Waals surface area contributed by atoms with Crippen LogP contribution in [0.25, 0.3) is 22.4 Å². The number of alkyl halides is 2. The molecule has 0 radical (unpaired) electrons. The van der Waals surface area contributed by atoms with Crippen LogP contribution in [-0.4, -0.2) is 34.1 Å². The van der Waals surface area contributed by atoms with Crippen molar-refractivity contribution < 1.29 is 18.0 Å². The molecule has 150 valence electrons. The van der Waals surface area contributed by atoms with Gasteiger partial charge in [-0.2, -0.15) is 5.10 Å². The number of aromatic nitrogens is 2. The smallest absolute Gasteiger partial charge is 0.273 e. The van der Waals surface area contributed by atoms with Crippen molar-refractivity contribution in [3.63, 3.8) is 0 Å². The van der Waals surface area contributed by atoms with Gasteiger partial charge in [-0.25, -0.2) is 18.2 Å². The summed E-state index contributed by atoms with van der Waals surface area (Å²) in [7, 11) is 1.59. The lowest BCUT2D eigenvalue weighted by Gasteiger charge is -2.15. The standard InChI is InChI=1S/C20H18F3N5O/c1-4-24-28(3)11(2)20(29)25-13-6-8-16-17(10-13)27-19(26-16)15-9-12(21)5-7-14(15)18(22)23/h4-10,18H,2H2,1,3H3,(H,25,29)(H,26,27)/b24-4-. The molecule has 0 saturated heterocycles. The number of hydrogen-bond donors (Lipinski definition) is 2. The Balaban J connectivity index is 1.91. The van der Waals surface area contributed by atoms with Crippen LogP contribution in [0.3, 0.4) is 0 Å². The topological polar surface area (TPSA) is 73.4 Å². The molecule has 0 unspecified atom stereocenters. The van der Waals surface area contributed by atoms with Gasteiger partial charge in [0.15, 0.2) is 0 Å². The highest BCUT2D eigenvalue weighted by Crippen LogP contribution is 2.32. The van der Waals surface area contributed by atoms with E-state index in [1.54, 1.807) is 32.2 Å². The number of nitrogens with one attached hydrogen (secondary N) is 2. The molecule has 0 bridgehead atoms. The van der Waals surface area contributed by atoms with E-state index in [1.807, 2.05) is 0 Å². The van der Waals surface area contributed by atoms with Gasteiger partial charge in [-0.3, -0.25) is 9.80 Å². The van der Waals surface area contributed by atoms with Gasteiger partial charge >= 0.3 is 0 Å². The second-order valence-electron chi connectivity index (χ2n) is 6.15. The number of rotatable bonds is 6. The molecule has 0 aliphatic rings. The number of hydrogen-bond acceptors (Lipinski definition) is 4. The van der Waals surface area contributed by atoms with E-state index in [9.17, 15) is 18.0 Å². The van der Waals surface area contributed by atoms with Gasteiger partial charge in [-0.15, -0.1) is 0 Å². The molecule has 0 saturated carbocycles. The van der Waals surface area contributed by atoms with Crippen LogP contribution in [-0.2, 0) is 4.79 Å². The van der Waals surface area contributed by atoms with Gasteiger partial charge in [-0.1, -0.05) is 6.58 Å². The number of fused-ring (bicyclic) bond motifs is 1. The van der Waals surface area contributed by atoms with E-state index in [4.69, 9.17) is 0 Å². The zero-order chi connectivity index (χ0) is 21.1. The lowest BCUT2D eigenvalue weighted by molar-refractivity contribution is -0.114. The fourth-order valence-corrected chi connectivity index (χ4v) is 2.73. The number of carbonyl (C=O) groups excluding carboxylic acids is 1. The molecule has 29 heavy (non-hydrogen) atoms. The zero-order valence-electron chi connectivity index (χ0n) is 15.7. The molecule has 3 rings (SSSR count). The van der Waals surface area contributed by atoms with Crippen molar-refractivity contribution >= 4 is 28.8 Å². The maximum absolute atomic E-state index is 13.6. The first-order chi connectivity index (χ1) is 13.8. The number of carbonyl (C=O) groups is 1. The summed E-state index contributed by atoms with van der Waals surface area (Å²) in [6, 6.07) is 7.85. The highest BCUT2D eigenvalue weighted by molar-refractivity contribution is 6.03. The van der Waals surface area contributed by atoms with Crippen LogP contribution in [0.5, 0.6) is 0 Å². The van der Waals surface area contributed by atoms with Crippen LogP contribution in [0.2, 0.25) is 0 Å². The summed E-state index contributed by atoms with van der Waals surface area (Å²) in [6.07, 6.45) is -1.25. The van der Waals surface area contributed by atoms with Crippen molar-refractivity contribution in [2.24, 2.45) is 5.10 Å². The average molecular weight is 401 g/mol. The van der Waals surface area contributed by atoms with Crippen molar-refractivity contribution in [1.29, 1.82) is 0 Å². The third kappa shape index (κ3) is 4.29. The van der Waals surface area contributed by atoms with Gasteiger partial charge in [-0.05, 0) is 43.3 Å². The largest absolute Gasteiger partial charge is 0.338 e. The molecule has 9 heteroatoms. The van der Waals surface area contributed by atoms with Crippen molar-refractivity contribution in [3.05, 3.63) is 60.1 Å². The van der Waals surface area contributed by atoms with Crippen LogP contribution in [0.4, 0.5) is 18.9 Å². The van der Waals surface area contributed by atoms with Crippen molar-refractivity contribution in [3.8, 4) is 11.4 Å². The summed E-state index contributed by atoms with van der Waals surface area (Å²) in [5, 5.41) is 7.95. The fourth-order valence-electron chi connectivity index (χ4n) is 2.73. The summed E-state index contributed by atoms with van der Waals surface area (Å²) in [6.45, 7) is 5.40. The predicted octanol–water partition coefficient (Wildman–Crippen LogP) is 4.70. The van der Waals surface area contributed by atoms with Gasteiger partial charge in [0.1, 0.15) is 17.3 Å². The molecule has 0 aliphatic carbocycles. The molecule has 2 N–H and O–H groups in total. The Bertz CT molecular complexity index is 1110. The first-order valence-electron chi connectivity index (χ1n) is 8.60. The Morgan fingerprint density at radius 2 is 2.07 bits per heavy atom. The maximum atomic E-state index is 13.6. The SMILES string of the molecule is C=C(C(=O)Nc1ccc2nc(-c3cc(F)ccc3C(F)F)[nH]c2c1)N(C)/N=C\C. The predicted molar refractivity (Wildman–Crippen MR) is 106 cm³/mol. The highest BCUT2D eigenvalue weighted by atomic mass is 19.3. The van der Waals surface area contributed by atoms with Crippen LogP contribution in [0.1, 0.15) is 18.9 Å². The van der Waals surface area contributed by atoms with E-state index in [0.717, 1.165) is 18.2 Å². The monoisotopic (exact) mass is 401 g/mol. The second kappa shape index (κ2) is 8.17. The molecule has 0 atom stereocenters. The van der Waals surface area contributed by atoms with Crippen LogP contribution in [0, 0.1) is 5.82 Å². The number of hydrazone groups is 1. The number of nitrogens with zero attached hydrogens (tertiary/aromatic N) is 3. The van der Waals surface area contributed by atoms with E-state index in [1.165, 1.54) is 11.2 Å². The lowest BCUT2D eigenvalue weighted by Crippen LogP contribution is -2.23. The molecule has 3 aromatic rings. The van der Waals surface area contributed by atoms with Crippen molar-refractivity contribution in [2.75, 3.05) is 12.4 Å². The van der Waals surface area contributed by atoms with Gasteiger partial charge in [0.05, 0.1) is 11.0 Å². The van der Waals surface area contributed by atoms with Crippen LogP contribution >= 0.6 is 0 Å². The van der Waals surface area contributed by atoms with Crippen LogP contribution < -0.4 is 5.32 Å².